The molecule has 1 aromatic carbocycles. The van der Waals surface area contributed by atoms with Crippen LogP contribution in [0.15, 0.2) is 58.6 Å². The van der Waals surface area contributed by atoms with Gasteiger partial charge in [0.1, 0.15) is 11.6 Å². The number of aryl methyl sites for hydroxylation is 1. The van der Waals surface area contributed by atoms with Crippen LogP contribution in [0.1, 0.15) is 18.4 Å². The third kappa shape index (κ3) is 4.97. The van der Waals surface area contributed by atoms with Gasteiger partial charge in [0.25, 0.3) is 0 Å². The zero-order valence-electron chi connectivity index (χ0n) is 17.2. The largest absolute Gasteiger partial charge is 0.370 e. The van der Waals surface area contributed by atoms with Gasteiger partial charge in [0.15, 0.2) is 0 Å². The normalized spacial score (nSPS) is 16.1. The molecule has 0 fully saturated rings. The molecule has 2 heterocycles. The summed E-state index contributed by atoms with van der Waals surface area (Å²) in [6, 6.07) is 8.76. The third-order valence-corrected chi connectivity index (χ3v) is 8.17. The van der Waals surface area contributed by atoms with Gasteiger partial charge in [-0.15, -0.1) is 16.0 Å². The Hall–Kier alpha value is -1.96. The SMILES string of the molecule is C=CCC1C=C(NCCCN(C)S(=C)(=C)c2ccc(C)cc2)n2ncc(Br)c2N1. The number of anilines is 1. The molecule has 29 heavy (non-hydrogen) atoms. The maximum Gasteiger partial charge on any atom is 0.146 e. The second-order valence-electron chi connectivity index (χ2n) is 7.37. The molecule has 5 nitrogen and oxygen atoms in total. The maximum absolute atomic E-state index is 4.46. The Morgan fingerprint density at radius 1 is 1.34 bits per heavy atom. The monoisotopic (exact) mass is 475 g/mol. The first kappa shape index (κ1) is 21.7. The van der Waals surface area contributed by atoms with Gasteiger partial charge in [-0.1, -0.05) is 35.5 Å². The fourth-order valence-electron chi connectivity index (χ4n) is 3.22. The van der Waals surface area contributed by atoms with Crippen LogP contribution in [0.4, 0.5) is 5.82 Å². The van der Waals surface area contributed by atoms with Gasteiger partial charge in [0.2, 0.25) is 0 Å². The fraction of sp³-hybridized carbons (Fsp3) is 0.318. The Kier molecular flexibility index (Phi) is 6.93. The predicted molar refractivity (Wildman–Crippen MR) is 133 cm³/mol. The van der Waals surface area contributed by atoms with Crippen molar-refractivity contribution in [2.75, 3.05) is 25.5 Å². The van der Waals surface area contributed by atoms with Crippen LogP contribution in [0.3, 0.4) is 0 Å². The zero-order valence-corrected chi connectivity index (χ0v) is 19.6. The molecular weight excluding hydrogens is 446 g/mol. The van der Waals surface area contributed by atoms with Crippen molar-refractivity contribution in [1.29, 1.82) is 0 Å². The van der Waals surface area contributed by atoms with Crippen LogP contribution in [-0.4, -0.2) is 52.0 Å². The van der Waals surface area contributed by atoms with E-state index in [-0.39, 0.29) is 6.04 Å². The zero-order chi connectivity index (χ0) is 21.0. The number of rotatable bonds is 9. The molecule has 1 aromatic heterocycles. The number of hydrogen-bond donors (Lipinski definition) is 2. The molecule has 0 aliphatic carbocycles. The Labute approximate surface area is 183 Å². The van der Waals surface area contributed by atoms with E-state index in [1.165, 1.54) is 10.5 Å². The lowest BCUT2D eigenvalue weighted by Crippen LogP contribution is -2.31. The molecule has 2 N–H and O–H groups in total. The Bertz CT molecular complexity index is 989. The maximum atomic E-state index is 4.46. The predicted octanol–water partition coefficient (Wildman–Crippen LogP) is 4.68. The summed E-state index contributed by atoms with van der Waals surface area (Å²) in [6.07, 6.45) is 7.75. The molecule has 1 atom stereocenters. The van der Waals surface area contributed by atoms with Crippen molar-refractivity contribution in [3.63, 3.8) is 0 Å². The van der Waals surface area contributed by atoms with Crippen molar-refractivity contribution in [2.45, 2.75) is 30.7 Å². The smallest absolute Gasteiger partial charge is 0.146 e. The van der Waals surface area contributed by atoms with Gasteiger partial charge < -0.3 is 10.6 Å². The van der Waals surface area contributed by atoms with E-state index in [0.29, 0.717) is 0 Å². The van der Waals surface area contributed by atoms with Crippen molar-refractivity contribution in [2.24, 2.45) is 0 Å². The van der Waals surface area contributed by atoms with E-state index < -0.39 is 9.39 Å². The van der Waals surface area contributed by atoms with Gasteiger partial charge in [-0.05, 0) is 61.0 Å². The van der Waals surface area contributed by atoms with E-state index in [1.807, 2.05) is 17.0 Å². The van der Waals surface area contributed by atoms with E-state index in [4.69, 9.17) is 0 Å². The second-order valence-corrected chi connectivity index (χ2v) is 11.0. The molecule has 0 saturated carbocycles. The van der Waals surface area contributed by atoms with Crippen LogP contribution < -0.4 is 10.6 Å². The molecule has 0 saturated heterocycles. The summed E-state index contributed by atoms with van der Waals surface area (Å²) in [4.78, 5) is 1.21. The minimum Gasteiger partial charge on any atom is -0.370 e. The highest BCUT2D eigenvalue weighted by atomic mass is 79.9. The van der Waals surface area contributed by atoms with Crippen LogP contribution in [0, 0.1) is 6.92 Å². The quantitative estimate of drug-likeness (QED) is 0.314. The molecule has 0 bridgehead atoms. The van der Waals surface area contributed by atoms with Crippen LogP contribution in [0.5, 0.6) is 0 Å². The molecule has 1 aliphatic heterocycles. The fourth-order valence-corrected chi connectivity index (χ4v) is 5.08. The Balaban J connectivity index is 1.59. The first-order valence-corrected chi connectivity index (χ1v) is 12.4. The number of halogens is 1. The highest BCUT2D eigenvalue weighted by Crippen LogP contribution is 2.35. The molecular formula is C22H30BrN5S. The van der Waals surface area contributed by atoms with E-state index in [9.17, 15) is 0 Å². The minimum absolute atomic E-state index is 0.205. The Morgan fingerprint density at radius 3 is 2.76 bits per heavy atom. The topological polar surface area (TPSA) is 45.1 Å². The molecule has 7 heteroatoms. The van der Waals surface area contributed by atoms with Crippen molar-refractivity contribution < 1.29 is 0 Å². The summed E-state index contributed by atoms with van der Waals surface area (Å²) < 4.78 is 5.14. The summed E-state index contributed by atoms with van der Waals surface area (Å²) in [5.41, 5.74) is 1.26. The van der Waals surface area contributed by atoms with Gasteiger partial charge in [-0.2, -0.15) is 5.10 Å². The summed E-state index contributed by atoms with van der Waals surface area (Å²) in [5.74, 6) is 10.8. The average molecular weight is 476 g/mol. The van der Waals surface area contributed by atoms with Gasteiger partial charge in [0.05, 0.1) is 16.7 Å². The highest BCUT2D eigenvalue weighted by Gasteiger charge is 2.21. The molecule has 0 spiro atoms. The standard InChI is InChI=1S/C22H30BrN5S/c1-6-8-18-15-21(28-22(26-18)20(23)16-25-28)24-13-7-14-27(3)29(4,5)19-11-9-17(2)10-12-19/h6,9-12,15-16,18,24,26H,1,4-5,7-8,13-14H2,2-3H3. The van der Waals surface area contributed by atoms with E-state index in [1.54, 1.807) is 0 Å². The summed E-state index contributed by atoms with van der Waals surface area (Å²) >= 11 is 3.56. The van der Waals surface area contributed by atoms with Crippen LogP contribution >= 0.6 is 25.3 Å². The van der Waals surface area contributed by atoms with Crippen molar-refractivity contribution in [3.8, 4) is 0 Å². The summed E-state index contributed by atoms with van der Waals surface area (Å²) in [5, 5.41) is 11.5. The van der Waals surface area contributed by atoms with Gasteiger partial charge in [-0.3, -0.25) is 4.31 Å². The van der Waals surface area contributed by atoms with E-state index >= 15 is 0 Å². The molecule has 156 valence electrons. The number of nitrogens with zero attached hydrogens (tertiary/aromatic N) is 3. The average Bonchev–Trinajstić information content (AvgIpc) is 3.06. The second kappa shape index (κ2) is 9.24. The Morgan fingerprint density at radius 2 is 2.07 bits per heavy atom. The van der Waals surface area contributed by atoms with Crippen LogP contribution in [-0.2, 0) is 0 Å². The minimum atomic E-state index is -1.48. The first-order valence-electron chi connectivity index (χ1n) is 9.67. The number of aromatic nitrogens is 2. The number of benzene rings is 1. The molecule has 0 radical (unpaired) electrons. The lowest BCUT2D eigenvalue weighted by molar-refractivity contribution is 0.531. The number of hydrogen-bond acceptors (Lipinski definition) is 4. The number of fused-ring (bicyclic) bond motifs is 1. The summed E-state index contributed by atoms with van der Waals surface area (Å²) in [7, 11) is 0.637. The van der Waals surface area contributed by atoms with Crippen LogP contribution in [0.2, 0.25) is 0 Å². The highest BCUT2D eigenvalue weighted by molar-refractivity contribution is 9.10. The lowest BCUT2D eigenvalue weighted by atomic mass is 10.1. The van der Waals surface area contributed by atoms with E-state index in [2.05, 4.69) is 98.6 Å². The lowest BCUT2D eigenvalue weighted by Gasteiger charge is -2.28. The molecule has 0 amide bonds. The van der Waals surface area contributed by atoms with Gasteiger partial charge >= 0.3 is 0 Å². The molecule has 2 aromatic rings. The summed E-state index contributed by atoms with van der Waals surface area (Å²) in [6.45, 7) is 7.71. The first-order chi connectivity index (χ1) is 13.8. The van der Waals surface area contributed by atoms with Crippen LogP contribution in [0.25, 0.3) is 5.82 Å². The molecule has 1 aliphatic rings. The van der Waals surface area contributed by atoms with Crippen molar-refractivity contribution in [3.05, 3.63) is 59.2 Å². The van der Waals surface area contributed by atoms with Crippen molar-refractivity contribution in [1.82, 2.24) is 19.4 Å². The van der Waals surface area contributed by atoms with Gasteiger partial charge in [-0.25, -0.2) is 4.68 Å². The van der Waals surface area contributed by atoms with E-state index in [0.717, 1.165) is 42.0 Å². The molecule has 3 rings (SSSR count). The third-order valence-electron chi connectivity index (χ3n) is 5.07. The van der Waals surface area contributed by atoms with Crippen molar-refractivity contribution >= 4 is 48.7 Å². The molecule has 1 unspecified atom stereocenters. The number of nitrogens with one attached hydrogen (secondary N) is 2. The van der Waals surface area contributed by atoms with Gasteiger partial charge in [0, 0.05) is 18.0 Å².